The Morgan fingerprint density at radius 3 is 1.69 bits per heavy atom. The molecule has 0 saturated heterocycles. The Kier molecular flexibility index (Phi) is 7.41. The molecule has 178 valence electrons. The van der Waals surface area contributed by atoms with E-state index < -0.39 is 23.8 Å². The van der Waals surface area contributed by atoms with Gasteiger partial charge in [-0.05, 0) is 40.7 Å². The Labute approximate surface area is 204 Å². The van der Waals surface area contributed by atoms with Gasteiger partial charge in [0.05, 0.1) is 18.9 Å². The Balaban J connectivity index is 1.45. The number of hydrogen-bond donors (Lipinski definition) is 2. The zero-order valence-corrected chi connectivity index (χ0v) is 19.6. The van der Waals surface area contributed by atoms with E-state index in [-0.39, 0.29) is 12.8 Å². The highest BCUT2D eigenvalue weighted by Crippen LogP contribution is 2.26. The second kappa shape index (κ2) is 10.8. The van der Waals surface area contributed by atoms with Crippen LogP contribution in [0, 0.1) is 11.8 Å². The molecule has 0 radical (unpaired) electrons. The first kappa shape index (κ1) is 24.0. The molecule has 4 aromatic rings. The van der Waals surface area contributed by atoms with Gasteiger partial charge in [-0.2, -0.15) is 0 Å². The Bertz CT molecular complexity index is 1280. The maximum atomic E-state index is 12.0. The van der Waals surface area contributed by atoms with Crippen LogP contribution in [0.25, 0.3) is 11.1 Å². The normalized spacial score (nSPS) is 12.7. The summed E-state index contributed by atoms with van der Waals surface area (Å²) in [6.45, 7) is 0.796. The predicted octanol–water partition coefficient (Wildman–Crippen LogP) is 4.21. The highest BCUT2D eigenvalue weighted by Gasteiger charge is 2.34. The maximum Gasteiger partial charge on any atom is 0.307 e. The molecule has 6 heteroatoms. The molecule has 0 fully saturated rings. The fraction of sp³-hybridized carbons (Fsp3) is 0.207. The fourth-order valence-corrected chi connectivity index (χ4v) is 4.37. The zero-order chi connectivity index (χ0) is 24.8. The monoisotopic (exact) mass is 469 g/mol. The zero-order valence-electron chi connectivity index (χ0n) is 19.6. The van der Waals surface area contributed by atoms with Crippen LogP contribution in [0.1, 0.15) is 16.7 Å². The van der Waals surface area contributed by atoms with Crippen molar-refractivity contribution in [3.05, 3.63) is 114 Å². The van der Waals surface area contributed by atoms with Gasteiger partial charge in [0.15, 0.2) is 0 Å². The fourth-order valence-electron chi connectivity index (χ4n) is 4.37. The summed E-state index contributed by atoms with van der Waals surface area (Å²) in [5.74, 6) is -4.21. The van der Waals surface area contributed by atoms with Crippen molar-refractivity contribution in [3.63, 3.8) is 0 Å². The quantitative estimate of drug-likeness (QED) is 0.341. The van der Waals surface area contributed by atoms with Crippen LogP contribution in [0.3, 0.4) is 0 Å². The molecule has 2 N–H and O–H groups in total. The van der Waals surface area contributed by atoms with Crippen LogP contribution < -0.4 is 4.57 Å². The van der Waals surface area contributed by atoms with Gasteiger partial charge >= 0.3 is 11.9 Å². The lowest BCUT2D eigenvalue weighted by Gasteiger charge is -2.21. The van der Waals surface area contributed by atoms with Gasteiger partial charge < -0.3 is 10.2 Å². The lowest BCUT2D eigenvalue weighted by Crippen LogP contribution is -2.33. The first-order chi connectivity index (χ1) is 16.9. The highest BCUT2D eigenvalue weighted by atomic mass is 16.4. The van der Waals surface area contributed by atoms with Crippen molar-refractivity contribution in [1.29, 1.82) is 0 Å². The Morgan fingerprint density at radius 1 is 0.743 bits per heavy atom. The lowest BCUT2D eigenvalue weighted by molar-refractivity contribution is -0.671. The van der Waals surface area contributed by atoms with Gasteiger partial charge in [-0.15, -0.1) is 0 Å². The van der Waals surface area contributed by atoms with E-state index in [9.17, 15) is 19.8 Å². The summed E-state index contributed by atoms with van der Waals surface area (Å²) in [4.78, 5) is 24.0. The molecule has 0 aliphatic carbocycles. The van der Waals surface area contributed by atoms with Gasteiger partial charge in [0.25, 0.3) is 0 Å². The van der Waals surface area contributed by atoms with Crippen molar-refractivity contribution < 1.29 is 24.4 Å². The molecule has 0 saturated carbocycles. The van der Waals surface area contributed by atoms with Gasteiger partial charge in [-0.3, -0.25) is 9.59 Å². The second-order valence-corrected chi connectivity index (χ2v) is 8.93. The molecular formula is C29H29N2O4+. The molecule has 6 nitrogen and oxygen atoms in total. The third kappa shape index (κ3) is 6.23. The molecular weight excluding hydrogens is 440 g/mol. The van der Waals surface area contributed by atoms with Gasteiger partial charge in [0.1, 0.15) is 18.9 Å². The van der Waals surface area contributed by atoms with Crippen LogP contribution >= 0.6 is 0 Å². The summed E-state index contributed by atoms with van der Waals surface area (Å²) >= 11 is 0. The minimum absolute atomic E-state index is 0.159. The number of carbonyl (C=O) groups is 2. The van der Waals surface area contributed by atoms with Crippen LogP contribution in [0.4, 0.5) is 0 Å². The van der Waals surface area contributed by atoms with Gasteiger partial charge in [0, 0.05) is 0 Å². The van der Waals surface area contributed by atoms with Crippen LogP contribution in [0.5, 0.6) is 0 Å². The van der Waals surface area contributed by atoms with E-state index in [1.54, 1.807) is 0 Å². The third-order valence-electron chi connectivity index (χ3n) is 6.30. The van der Waals surface area contributed by atoms with Gasteiger partial charge in [0.2, 0.25) is 6.33 Å². The molecule has 2 atom stereocenters. The highest BCUT2D eigenvalue weighted by molar-refractivity contribution is 5.80. The molecule has 0 amide bonds. The number of aliphatic carboxylic acids is 2. The molecule has 0 spiro atoms. The largest absolute Gasteiger partial charge is 0.481 e. The summed E-state index contributed by atoms with van der Waals surface area (Å²) in [5, 5.41) is 19.6. The van der Waals surface area contributed by atoms with Gasteiger partial charge in [-0.25, -0.2) is 9.13 Å². The molecule has 0 unspecified atom stereocenters. The first-order valence-electron chi connectivity index (χ1n) is 11.6. The number of carboxylic acids is 2. The molecule has 35 heavy (non-hydrogen) atoms. The number of aryl methyl sites for hydroxylation is 1. The number of hydrogen-bond acceptors (Lipinski definition) is 2. The molecule has 1 aromatic heterocycles. The van der Waals surface area contributed by atoms with E-state index in [2.05, 4.69) is 28.8 Å². The van der Waals surface area contributed by atoms with E-state index in [1.165, 1.54) is 5.56 Å². The van der Waals surface area contributed by atoms with E-state index >= 15 is 0 Å². The van der Waals surface area contributed by atoms with Crippen molar-refractivity contribution >= 4 is 11.9 Å². The van der Waals surface area contributed by atoms with E-state index in [1.807, 2.05) is 84.9 Å². The first-order valence-corrected chi connectivity index (χ1v) is 11.6. The van der Waals surface area contributed by atoms with Crippen LogP contribution in [0.2, 0.25) is 0 Å². The molecule has 3 aromatic carbocycles. The number of imidazole rings is 1. The summed E-state index contributed by atoms with van der Waals surface area (Å²) in [7, 11) is 1.99. The summed E-state index contributed by atoms with van der Waals surface area (Å²) < 4.78 is 4.12. The molecule has 0 bridgehead atoms. The molecule has 4 rings (SSSR count). The van der Waals surface area contributed by atoms with Crippen molar-refractivity contribution in [2.45, 2.75) is 19.4 Å². The van der Waals surface area contributed by atoms with Crippen LogP contribution in [-0.2, 0) is 36.0 Å². The molecule has 1 heterocycles. The van der Waals surface area contributed by atoms with E-state index in [4.69, 9.17) is 0 Å². The molecule has 0 aliphatic heterocycles. The van der Waals surface area contributed by atoms with E-state index in [0.717, 1.165) is 28.8 Å². The van der Waals surface area contributed by atoms with Crippen LogP contribution in [-0.4, -0.2) is 26.7 Å². The summed E-state index contributed by atoms with van der Waals surface area (Å²) in [6.07, 6.45) is 6.41. The Hall–Kier alpha value is -4.19. The average Bonchev–Trinajstić information content (AvgIpc) is 3.27. The third-order valence-corrected chi connectivity index (χ3v) is 6.30. The van der Waals surface area contributed by atoms with Crippen LogP contribution in [0.15, 0.2) is 97.6 Å². The second-order valence-electron chi connectivity index (χ2n) is 8.93. The summed E-state index contributed by atoms with van der Waals surface area (Å²) in [6, 6.07) is 25.2. The van der Waals surface area contributed by atoms with Gasteiger partial charge in [-0.1, -0.05) is 78.9 Å². The van der Waals surface area contributed by atoms with E-state index in [0.29, 0.717) is 0 Å². The molecule has 0 aliphatic rings. The number of nitrogens with zero attached hydrogens (tertiary/aromatic N) is 2. The Morgan fingerprint density at radius 2 is 1.23 bits per heavy atom. The maximum absolute atomic E-state index is 12.0. The number of carboxylic acid groups (broad SMARTS) is 2. The minimum Gasteiger partial charge on any atom is -0.481 e. The lowest BCUT2D eigenvalue weighted by atomic mass is 9.82. The van der Waals surface area contributed by atoms with Crippen molar-refractivity contribution in [1.82, 2.24) is 4.57 Å². The number of rotatable bonds is 10. The van der Waals surface area contributed by atoms with Crippen molar-refractivity contribution in [2.24, 2.45) is 18.9 Å². The van der Waals surface area contributed by atoms with Crippen molar-refractivity contribution in [2.75, 3.05) is 0 Å². The topological polar surface area (TPSA) is 83.4 Å². The minimum atomic E-state index is -1.09. The average molecular weight is 470 g/mol. The van der Waals surface area contributed by atoms with Crippen molar-refractivity contribution in [3.8, 4) is 11.1 Å². The smallest absolute Gasteiger partial charge is 0.307 e. The number of aromatic nitrogens is 2. The number of benzene rings is 3. The SMILES string of the molecule is C[n+]1ccn(Cc2ccc(-c3ccc(C[C@H](C(=O)O)[C@H](Cc4ccccc4)C(=O)O)cc3)cc2)c1. The standard InChI is InChI=1S/C29H28N2O4/c1-30-15-16-31(20-30)19-23-9-13-25(14-10-23)24-11-7-22(8-12-24)18-27(29(34)35)26(28(32)33)17-21-5-3-2-4-6-21/h2-16,20,26-27H,17-19H2,1H3,(H-,32,33,34,35)/p+1/t26-,27-/m0/s1. The predicted molar refractivity (Wildman–Crippen MR) is 133 cm³/mol. The summed E-state index contributed by atoms with van der Waals surface area (Å²) in [5.41, 5.74) is 4.91.